The number of aromatic nitrogens is 2. The number of aromatic hydroxyl groups is 1. The summed E-state index contributed by atoms with van der Waals surface area (Å²) in [6.07, 6.45) is 1.54. The lowest BCUT2D eigenvalue weighted by Crippen LogP contribution is -2.06. The topological polar surface area (TPSA) is 224 Å². The predicted molar refractivity (Wildman–Crippen MR) is 160 cm³/mol. The van der Waals surface area contributed by atoms with E-state index in [2.05, 4.69) is 30.4 Å². The summed E-state index contributed by atoms with van der Waals surface area (Å²) in [6.45, 7) is 0. The molecule has 4 aromatic carbocycles. The quantitative estimate of drug-likeness (QED) is 0.120. The Bertz CT molecular complexity index is 2490. The first-order chi connectivity index (χ1) is 20.9. The Labute approximate surface area is 247 Å². The Morgan fingerprint density at radius 3 is 2.11 bits per heavy atom. The summed E-state index contributed by atoms with van der Waals surface area (Å²) in [6, 6.07) is 18.9. The van der Waals surface area contributed by atoms with Crippen LogP contribution in [0, 0.1) is 0 Å². The lowest BCUT2D eigenvalue weighted by atomic mass is 10.1. The van der Waals surface area contributed by atoms with Gasteiger partial charge in [-0.05, 0) is 77.5 Å². The lowest BCUT2D eigenvalue weighted by Gasteiger charge is -2.06. The number of pyridine rings is 2. The zero-order chi connectivity index (χ0) is 31.2. The van der Waals surface area contributed by atoms with Crippen molar-refractivity contribution >= 4 is 75.6 Å². The molecule has 6 rings (SSSR count). The van der Waals surface area contributed by atoms with Gasteiger partial charge in [0.2, 0.25) is 0 Å². The standard InChI is InChI=1S/C28H18N6O8S2/c35-27-21-14-19(44(40,41)42)7-8-22(21)30-28(36)26(27)34-32-23-9-10-24(25-20(23)2-1-11-29-25)33-31-17-5-3-16-13-18(43(37,38)39)6-4-15(16)12-17/h1-14H,(H2,30,35,36)(H,37,38,39)(H,40,41,42)/b33-31+,34-32+. The molecule has 0 aliphatic carbocycles. The van der Waals surface area contributed by atoms with Crippen molar-refractivity contribution < 1.29 is 31.0 Å². The SMILES string of the molecule is O=c1[nH]c2ccc(S(=O)(=O)O)cc2c(O)c1/N=N/c1ccc(/N=N/c2ccc3cc(S(=O)(=O)O)ccc3c2)c2ncccc12. The highest BCUT2D eigenvalue weighted by Crippen LogP contribution is 2.36. The van der Waals surface area contributed by atoms with Crippen molar-refractivity contribution in [1.82, 2.24) is 9.97 Å². The highest BCUT2D eigenvalue weighted by Gasteiger charge is 2.17. The first kappa shape index (κ1) is 28.7. The Hall–Kier alpha value is -5.42. The molecule has 2 heterocycles. The molecule has 4 N–H and O–H groups in total. The van der Waals surface area contributed by atoms with E-state index >= 15 is 0 Å². The van der Waals surface area contributed by atoms with Crippen molar-refractivity contribution in [2.75, 3.05) is 0 Å². The molecule has 0 saturated carbocycles. The Kier molecular flexibility index (Phi) is 6.97. The molecule has 14 nitrogen and oxygen atoms in total. The normalized spacial score (nSPS) is 12.7. The molecular weight excluding hydrogens is 612 g/mol. The molecule has 0 fully saturated rings. The molecule has 220 valence electrons. The van der Waals surface area contributed by atoms with Gasteiger partial charge >= 0.3 is 0 Å². The third-order valence-corrected chi connectivity index (χ3v) is 8.28. The van der Waals surface area contributed by atoms with Gasteiger partial charge in [-0.25, -0.2) is 0 Å². The molecule has 0 amide bonds. The third kappa shape index (κ3) is 5.52. The van der Waals surface area contributed by atoms with E-state index in [1.165, 1.54) is 24.4 Å². The monoisotopic (exact) mass is 630 g/mol. The van der Waals surface area contributed by atoms with Gasteiger partial charge in [-0.1, -0.05) is 12.1 Å². The molecule has 0 atom stereocenters. The van der Waals surface area contributed by atoms with Crippen LogP contribution in [0.3, 0.4) is 0 Å². The number of benzene rings is 4. The molecule has 0 spiro atoms. The second-order valence-corrected chi connectivity index (χ2v) is 12.2. The van der Waals surface area contributed by atoms with Crippen molar-refractivity contribution in [2.24, 2.45) is 20.5 Å². The molecule has 0 saturated heterocycles. The van der Waals surface area contributed by atoms with E-state index in [-0.39, 0.29) is 21.5 Å². The van der Waals surface area contributed by atoms with E-state index < -0.39 is 42.1 Å². The Morgan fingerprint density at radius 1 is 0.682 bits per heavy atom. The van der Waals surface area contributed by atoms with Gasteiger partial charge in [0.15, 0.2) is 11.4 Å². The fourth-order valence-corrected chi connectivity index (χ4v) is 5.48. The average Bonchev–Trinajstić information content (AvgIpc) is 2.98. The van der Waals surface area contributed by atoms with Crippen molar-refractivity contribution in [1.29, 1.82) is 0 Å². The summed E-state index contributed by atoms with van der Waals surface area (Å²) < 4.78 is 64.5. The molecule has 0 aliphatic rings. The van der Waals surface area contributed by atoms with Crippen molar-refractivity contribution in [2.45, 2.75) is 9.79 Å². The maximum atomic E-state index is 12.6. The van der Waals surface area contributed by atoms with Crippen molar-refractivity contribution in [3.63, 3.8) is 0 Å². The van der Waals surface area contributed by atoms with E-state index in [4.69, 9.17) is 0 Å². The molecule has 6 aromatic rings. The second-order valence-electron chi connectivity index (χ2n) is 9.41. The van der Waals surface area contributed by atoms with Gasteiger partial charge in [-0.15, -0.1) is 15.3 Å². The van der Waals surface area contributed by atoms with Crippen molar-refractivity contribution in [3.8, 4) is 5.75 Å². The maximum absolute atomic E-state index is 12.6. The van der Waals surface area contributed by atoms with Gasteiger partial charge in [0.1, 0.15) is 5.69 Å². The number of fused-ring (bicyclic) bond motifs is 3. The zero-order valence-electron chi connectivity index (χ0n) is 22.0. The first-order valence-electron chi connectivity index (χ1n) is 12.5. The summed E-state index contributed by atoms with van der Waals surface area (Å²) in [4.78, 5) is 18.8. The second kappa shape index (κ2) is 10.7. The number of nitrogens with zero attached hydrogens (tertiary/aromatic N) is 5. The van der Waals surface area contributed by atoms with Crippen LogP contribution in [-0.2, 0) is 20.2 Å². The number of H-pyrrole nitrogens is 1. The summed E-state index contributed by atoms with van der Waals surface area (Å²) in [5.41, 5.74) is 0.386. The highest BCUT2D eigenvalue weighted by molar-refractivity contribution is 7.86. The van der Waals surface area contributed by atoms with Crippen LogP contribution in [0.1, 0.15) is 0 Å². The molecular formula is C28H18N6O8S2. The van der Waals surface area contributed by atoms with E-state index in [1.54, 1.807) is 48.5 Å². The molecule has 0 radical (unpaired) electrons. The smallest absolute Gasteiger partial charge is 0.294 e. The van der Waals surface area contributed by atoms with Crippen LogP contribution in [0.25, 0.3) is 32.6 Å². The minimum Gasteiger partial charge on any atom is -0.505 e. The maximum Gasteiger partial charge on any atom is 0.294 e. The van der Waals surface area contributed by atoms with Crippen LogP contribution in [0.2, 0.25) is 0 Å². The molecule has 44 heavy (non-hydrogen) atoms. The Balaban J connectivity index is 1.35. The van der Waals surface area contributed by atoms with Crippen LogP contribution in [0.4, 0.5) is 22.7 Å². The minimum absolute atomic E-state index is 0.0662. The number of hydrogen-bond donors (Lipinski definition) is 4. The number of rotatable bonds is 6. The molecule has 0 bridgehead atoms. The van der Waals surface area contributed by atoms with Crippen LogP contribution in [0.5, 0.6) is 5.75 Å². The average molecular weight is 631 g/mol. The number of aromatic amines is 1. The third-order valence-electron chi connectivity index (χ3n) is 6.58. The first-order valence-corrected chi connectivity index (χ1v) is 15.4. The summed E-state index contributed by atoms with van der Waals surface area (Å²) in [5.74, 6) is -0.629. The van der Waals surface area contributed by atoms with E-state index in [0.29, 0.717) is 33.1 Å². The lowest BCUT2D eigenvalue weighted by molar-refractivity contribution is 0.479. The Morgan fingerprint density at radius 2 is 1.34 bits per heavy atom. The van der Waals surface area contributed by atoms with Gasteiger partial charge < -0.3 is 10.1 Å². The number of azo groups is 2. The largest absolute Gasteiger partial charge is 0.505 e. The molecule has 2 aromatic heterocycles. The number of nitrogens with one attached hydrogen (secondary N) is 1. The van der Waals surface area contributed by atoms with E-state index in [9.17, 15) is 35.8 Å². The van der Waals surface area contributed by atoms with Crippen LogP contribution in [-0.4, -0.2) is 41.0 Å². The number of hydrogen-bond acceptors (Lipinski definition) is 11. The van der Waals surface area contributed by atoms with Crippen LogP contribution >= 0.6 is 0 Å². The van der Waals surface area contributed by atoms with Crippen LogP contribution < -0.4 is 5.56 Å². The minimum atomic E-state index is -4.57. The summed E-state index contributed by atoms with van der Waals surface area (Å²) in [5, 5.41) is 29.0. The van der Waals surface area contributed by atoms with Crippen molar-refractivity contribution in [3.05, 3.63) is 95.4 Å². The van der Waals surface area contributed by atoms with Gasteiger partial charge in [0, 0.05) is 17.0 Å². The van der Waals surface area contributed by atoms with Gasteiger partial charge in [-0.3, -0.25) is 18.9 Å². The molecule has 0 unspecified atom stereocenters. The highest BCUT2D eigenvalue weighted by atomic mass is 32.2. The summed E-state index contributed by atoms with van der Waals surface area (Å²) in [7, 11) is -8.90. The van der Waals surface area contributed by atoms with Gasteiger partial charge in [-0.2, -0.15) is 21.9 Å². The molecule has 16 heteroatoms. The molecule has 0 aliphatic heterocycles. The predicted octanol–water partition coefficient (Wildman–Crippen LogP) is 6.26. The fourth-order valence-electron chi connectivity index (χ4n) is 4.46. The summed E-state index contributed by atoms with van der Waals surface area (Å²) >= 11 is 0. The zero-order valence-corrected chi connectivity index (χ0v) is 23.7. The fraction of sp³-hybridized carbons (Fsp3) is 0. The van der Waals surface area contributed by atoms with E-state index in [0.717, 1.165) is 12.1 Å². The van der Waals surface area contributed by atoms with Crippen LogP contribution in [0.15, 0.2) is 120 Å². The van der Waals surface area contributed by atoms with Gasteiger partial charge in [0.25, 0.3) is 25.8 Å². The van der Waals surface area contributed by atoms with Gasteiger partial charge in [0.05, 0.1) is 32.2 Å². The van der Waals surface area contributed by atoms with E-state index in [1.807, 2.05) is 0 Å².